The lowest BCUT2D eigenvalue weighted by molar-refractivity contribution is 0.0131. The normalized spacial score (nSPS) is 12.0. The highest BCUT2D eigenvalue weighted by Crippen LogP contribution is 2.31. The molecule has 0 saturated heterocycles. The number of aromatic nitrogens is 2. The van der Waals surface area contributed by atoms with E-state index >= 15 is 0 Å². The molecule has 0 aliphatic rings. The standard InChI is InChI=1S/C15H17F3N2O/c1-4-9-5-11(12(16)6-10(9)8-21)14-19-13(7-20(14)3)15(2,17)18/h5-7,21H,4,8H2,1-3H3. The minimum Gasteiger partial charge on any atom is -0.392 e. The highest BCUT2D eigenvalue weighted by molar-refractivity contribution is 5.59. The van der Waals surface area contributed by atoms with Gasteiger partial charge in [-0.3, -0.25) is 0 Å². The van der Waals surface area contributed by atoms with Crippen LogP contribution >= 0.6 is 0 Å². The van der Waals surface area contributed by atoms with Crippen LogP contribution in [0.3, 0.4) is 0 Å². The maximum atomic E-state index is 14.2. The molecule has 0 amide bonds. The van der Waals surface area contributed by atoms with E-state index in [2.05, 4.69) is 4.98 Å². The van der Waals surface area contributed by atoms with Crippen LogP contribution in [0.2, 0.25) is 0 Å². The molecule has 1 aromatic heterocycles. The van der Waals surface area contributed by atoms with Crippen LogP contribution in [0.4, 0.5) is 13.2 Å². The van der Waals surface area contributed by atoms with E-state index in [9.17, 15) is 18.3 Å². The third kappa shape index (κ3) is 2.95. The molecule has 0 unspecified atom stereocenters. The predicted octanol–water partition coefficient (Wildman–Crippen LogP) is 3.39. The van der Waals surface area contributed by atoms with Gasteiger partial charge in [-0.25, -0.2) is 9.37 Å². The number of aryl methyl sites for hydroxylation is 2. The summed E-state index contributed by atoms with van der Waals surface area (Å²) in [7, 11) is 1.54. The number of hydrogen-bond donors (Lipinski definition) is 1. The first-order valence-corrected chi connectivity index (χ1v) is 6.62. The largest absolute Gasteiger partial charge is 0.392 e. The zero-order chi connectivity index (χ0) is 15.8. The van der Waals surface area contributed by atoms with E-state index in [1.807, 2.05) is 6.92 Å². The van der Waals surface area contributed by atoms with Crippen molar-refractivity contribution in [1.29, 1.82) is 0 Å². The average molecular weight is 298 g/mol. The van der Waals surface area contributed by atoms with Crippen molar-refractivity contribution in [2.45, 2.75) is 32.8 Å². The highest BCUT2D eigenvalue weighted by Gasteiger charge is 2.29. The molecule has 0 radical (unpaired) electrons. The fourth-order valence-electron chi connectivity index (χ4n) is 2.24. The average Bonchev–Trinajstić information content (AvgIpc) is 2.80. The zero-order valence-corrected chi connectivity index (χ0v) is 12.1. The summed E-state index contributed by atoms with van der Waals surface area (Å²) in [5, 5.41) is 9.21. The summed E-state index contributed by atoms with van der Waals surface area (Å²) in [6, 6.07) is 2.79. The second kappa shape index (κ2) is 5.52. The fraction of sp³-hybridized carbons (Fsp3) is 0.400. The second-order valence-electron chi connectivity index (χ2n) is 5.06. The van der Waals surface area contributed by atoms with Crippen molar-refractivity contribution in [2.75, 3.05) is 0 Å². The van der Waals surface area contributed by atoms with E-state index in [-0.39, 0.29) is 18.0 Å². The molecule has 114 valence electrons. The molecule has 21 heavy (non-hydrogen) atoms. The maximum absolute atomic E-state index is 14.2. The van der Waals surface area contributed by atoms with Crippen LogP contribution in [0.25, 0.3) is 11.4 Å². The topological polar surface area (TPSA) is 38.0 Å². The number of rotatable bonds is 4. The van der Waals surface area contributed by atoms with E-state index < -0.39 is 17.4 Å². The monoisotopic (exact) mass is 298 g/mol. The minimum absolute atomic E-state index is 0.142. The Balaban J connectivity index is 2.59. The summed E-state index contributed by atoms with van der Waals surface area (Å²) >= 11 is 0. The number of aliphatic hydroxyl groups excluding tert-OH is 1. The Kier molecular flexibility index (Phi) is 4.09. The van der Waals surface area contributed by atoms with Gasteiger partial charge in [0.05, 0.1) is 12.2 Å². The Morgan fingerprint density at radius 1 is 1.29 bits per heavy atom. The summed E-state index contributed by atoms with van der Waals surface area (Å²) in [5.41, 5.74) is 1.02. The minimum atomic E-state index is -3.08. The van der Waals surface area contributed by atoms with Gasteiger partial charge in [-0.15, -0.1) is 0 Å². The predicted molar refractivity (Wildman–Crippen MR) is 73.5 cm³/mol. The third-order valence-electron chi connectivity index (χ3n) is 3.41. The molecule has 6 heteroatoms. The molecule has 0 aliphatic heterocycles. The molecule has 0 aliphatic carbocycles. The van der Waals surface area contributed by atoms with Gasteiger partial charge in [-0.1, -0.05) is 6.92 Å². The molecule has 0 saturated carbocycles. The van der Waals surface area contributed by atoms with E-state index in [1.54, 1.807) is 13.1 Å². The number of nitrogens with zero attached hydrogens (tertiary/aromatic N) is 2. The smallest absolute Gasteiger partial charge is 0.288 e. The summed E-state index contributed by atoms with van der Waals surface area (Å²) < 4.78 is 42.2. The molecule has 0 spiro atoms. The van der Waals surface area contributed by atoms with Crippen molar-refractivity contribution in [3.05, 3.63) is 41.0 Å². The van der Waals surface area contributed by atoms with Crippen molar-refractivity contribution in [3.8, 4) is 11.4 Å². The van der Waals surface area contributed by atoms with Crippen molar-refractivity contribution in [3.63, 3.8) is 0 Å². The van der Waals surface area contributed by atoms with Crippen LogP contribution in [-0.2, 0) is 26.0 Å². The zero-order valence-electron chi connectivity index (χ0n) is 12.1. The van der Waals surface area contributed by atoms with Crippen molar-refractivity contribution in [1.82, 2.24) is 9.55 Å². The first kappa shape index (κ1) is 15.6. The van der Waals surface area contributed by atoms with E-state index in [0.717, 1.165) is 12.5 Å². The van der Waals surface area contributed by atoms with Crippen LogP contribution in [-0.4, -0.2) is 14.7 Å². The Bertz CT molecular complexity index is 660. The van der Waals surface area contributed by atoms with Gasteiger partial charge in [-0.05, 0) is 29.7 Å². The lowest BCUT2D eigenvalue weighted by Gasteiger charge is -2.10. The molecule has 1 heterocycles. The molecule has 1 N–H and O–H groups in total. The number of benzene rings is 1. The SMILES string of the molecule is CCc1cc(-c2nc(C(C)(F)F)cn2C)c(F)cc1CO. The Morgan fingerprint density at radius 2 is 1.95 bits per heavy atom. The molecular weight excluding hydrogens is 281 g/mol. The van der Waals surface area contributed by atoms with Crippen molar-refractivity contribution < 1.29 is 18.3 Å². The van der Waals surface area contributed by atoms with E-state index in [0.29, 0.717) is 12.0 Å². The Labute approximate surface area is 121 Å². The number of aliphatic hydroxyl groups is 1. The van der Waals surface area contributed by atoms with Crippen molar-refractivity contribution in [2.24, 2.45) is 7.05 Å². The second-order valence-corrected chi connectivity index (χ2v) is 5.06. The molecular formula is C15H17F3N2O. The third-order valence-corrected chi connectivity index (χ3v) is 3.41. The van der Waals surface area contributed by atoms with Gasteiger partial charge in [0.1, 0.15) is 17.3 Å². The van der Waals surface area contributed by atoms with E-state index in [1.165, 1.54) is 16.8 Å². The van der Waals surface area contributed by atoms with Gasteiger partial charge >= 0.3 is 0 Å². The fourth-order valence-corrected chi connectivity index (χ4v) is 2.24. The Morgan fingerprint density at radius 3 is 2.43 bits per heavy atom. The molecule has 0 bridgehead atoms. The lowest BCUT2D eigenvalue weighted by atomic mass is 10.0. The van der Waals surface area contributed by atoms with Gasteiger partial charge < -0.3 is 9.67 Å². The molecule has 2 rings (SSSR count). The van der Waals surface area contributed by atoms with Crippen LogP contribution < -0.4 is 0 Å². The highest BCUT2D eigenvalue weighted by atomic mass is 19.3. The molecule has 1 aromatic carbocycles. The van der Waals surface area contributed by atoms with Crippen LogP contribution in [0.15, 0.2) is 18.3 Å². The quantitative estimate of drug-likeness (QED) is 0.939. The van der Waals surface area contributed by atoms with Gasteiger partial charge in [0.2, 0.25) is 0 Å². The Hall–Kier alpha value is -1.82. The first-order valence-electron chi connectivity index (χ1n) is 6.62. The van der Waals surface area contributed by atoms with E-state index in [4.69, 9.17) is 0 Å². The molecule has 3 nitrogen and oxygen atoms in total. The van der Waals surface area contributed by atoms with Gasteiger partial charge in [0.25, 0.3) is 5.92 Å². The molecule has 0 atom stereocenters. The van der Waals surface area contributed by atoms with Crippen LogP contribution in [0.1, 0.15) is 30.7 Å². The number of alkyl halides is 2. The van der Waals surface area contributed by atoms with Crippen LogP contribution in [0, 0.1) is 5.82 Å². The number of hydrogen-bond acceptors (Lipinski definition) is 2. The maximum Gasteiger partial charge on any atom is 0.288 e. The van der Waals surface area contributed by atoms with Crippen molar-refractivity contribution >= 4 is 0 Å². The summed E-state index contributed by atoms with van der Waals surface area (Å²) in [4.78, 5) is 3.85. The summed E-state index contributed by atoms with van der Waals surface area (Å²) in [5.74, 6) is -3.52. The first-order chi connectivity index (χ1) is 9.77. The number of halogens is 3. The summed E-state index contributed by atoms with van der Waals surface area (Å²) in [6.07, 6.45) is 1.80. The van der Waals surface area contributed by atoms with Gasteiger partial charge in [0.15, 0.2) is 0 Å². The summed E-state index contributed by atoms with van der Waals surface area (Å²) in [6.45, 7) is 2.36. The van der Waals surface area contributed by atoms with Crippen LogP contribution in [0.5, 0.6) is 0 Å². The number of imidazole rings is 1. The van der Waals surface area contributed by atoms with Gasteiger partial charge in [-0.2, -0.15) is 8.78 Å². The lowest BCUT2D eigenvalue weighted by Crippen LogP contribution is -2.07. The molecule has 0 fully saturated rings. The molecule has 2 aromatic rings. The van der Waals surface area contributed by atoms with Gasteiger partial charge in [0, 0.05) is 20.2 Å².